The third-order valence-corrected chi connectivity index (χ3v) is 4.21. The van der Waals surface area contributed by atoms with Crippen molar-refractivity contribution in [2.75, 3.05) is 31.2 Å². The Morgan fingerprint density at radius 3 is 2.82 bits per heavy atom. The van der Waals surface area contributed by atoms with E-state index in [1.807, 2.05) is 18.2 Å². The third kappa shape index (κ3) is 3.99. The molecule has 1 saturated heterocycles. The van der Waals surface area contributed by atoms with Crippen LogP contribution in [0, 0.1) is 5.92 Å². The van der Waals surface area contributed by atoms with Crippen molar-refractivity contribution in [1.82, 2.24) is 5.43 Å². The molecule has 5 nitrogen and oxygen atoms in total. The predicted molar refractivity (Wildman–Crippen MR) is 89.7 cm³/mol. The molecule has 0 aliphatic carbocycles. The van der Waals surface area contributed by atoms with Gasteiger partial charge in [0, 0.05) is 19.0 Å². The Morgan fingerprint density at radius 1 is 1.50 bits per heavy atom. The zero-order valence-corrected chi connectivity index (χ0v) is 13.8. The molecule has 1 N–H and O–H groups in total. The second-order valence-corrected chi connectivity index (χ2v) is 5.73. The summed E-state index contributed by atoms with van der Waals surface area (Å²) in [4.78, 5) is 12.7. The van der Waals surface area contributed by atoms with E-state index in [0.29, 0.717) is 11.4 Å². The number of nitrogens with one attached hydrogen (secondary N) is 1. The molecule has 120 valence electrons. The molecule has 0 unspecified atom stereocenters. The standard InChI is InChI=1S/C16H22ClN3O2/c1-3-12(2)16(19-18-11-21)13-4-5-15(14(17)10-13)20-6-8-22-9-7-20/h4-5,10-12H,3,6-9H2,1-2H3,(H,18,21)/b19-16+/t12-/m1/s1. The van der Waals surface area contributed by atoms with Crippen LogP contribution in [-0.4, -0.2) is 38.4 Å². The first-order chi connectivity index (χ1) is 10.7. The fraction of sp³-hybridized carbons (Fsp3) is 0.500. The van der Waals surface area contributed by atoms with Crippen LogP contribution in [-0.2, 0) is 9.53 Å². The number of nitrogens with zero attached hydrogens (tertiary/aromatic N) is 2. The smallest absolute Gasteiger partial charge is 0.227 e. The van der Waals surface area contributed by atoms with E-state index < -0.39 is 0 Å². The molecule has 0 bridgehead atoms. The molecule has 0 saturated carbocycles. The molecule has 6 heteroatoms. The van der Waals surface area contributed by atoms with Crippen LogP contribution < -0.4 is 10.3 Å². The van der Waals surface area contributed by atoms with Crippen molar-refractivity contribution in [2.45, 2.75) is 20.3 Å². The lowest BCUT2D eigenvalue weighted by molar-refractivity contribution is -0.109. The van der Waals surface area contributed by atoms with E-state index in [0.717, 1.165) is 49.7 Å². The maximum absolute atomic E-state index is 10.5. The highest BCUT2D eigenvalue weighted by molar-refractivity contribution is 6.33. The van der Waals surface area contributed by atoms with Crippen molar-refractivity contribution < 1.29 is 9.53 Å². The molecule has 1 heterocycles. The van der Waals surface area contributed by atoms with Crippen LogP contribution in [0.4, 0.5) is 5.69 Å². The summed E-state index contributed by atoms with van der Waals surface area (Å²) in [7, 11) is 0. The van der Waals surface area contributed by atoms with Gasteiger partial charge in [-0.05, 0) is 24.1 Å². The third-order valence-electron chi connectivity index (χ3n) is 3.91. The number of hydrazone groups is 1. The van der Waals surface area contributed by atoms with Crippen LogP contribution in [0.3, 0.4) is 0 Å². The van der Waals surface area contributed by atoms with E-state index in [9.17, 15) is 4.79 Å². The van der Waals surface area contributed by atoms with Crippen LogP contribution in [0.2, 0.25) is 5.02 Å². The number of rotatable bonds is 6. The van der Waals surface area contributed by atoms with Gasteiger partial charge in [0.05, 0.1) is 29.6 Å². The lowest BCUT2D eigenvalue weighted by Crippen LogP contribution is -2.36. The first kappa shape index (κ1) is 16.8. The average molecular weight is 324 g/mol. The minimum absolute atomic E-state index is 0.234. The molecular formula is C16H22ClN3O2. The fourth-order valence-electron chi connectivity index (χ4n) is 2.48. The van der Waals surface area contributed by atoms with E-state index in [4.69, 9.17) is 16.3 Å². The van der Waals surface area contributed by atoms with Crippen LogP contribution in [0.15, 0.2) is 23.3 Å². The summed E-state index contributed by atoms with van der Waals surface area (Å²) in [5.41, 5.74) is 5.19. The van der Waals surface area contributed by atoms with E-state index in [2.05, 4.69) is 29.3 Å². The Labute approximate surface area is 136 Å². The Balaban J connectivity index is 2.27. The lowest BCUT2D eigenvalue weighted by Gasteiger charge is -2.29. The van der Waals surface area contributed by atoms with Crippen molar-refractivity contribution in [2.24, 2.45) is 11.0 Å². The molecule has 1 atom stereocenters. The van der Waals surface area contributed by atoms with Gasteiger partial charge in [-0.3, -0.25) is 4.79 Å². The number of hydrogen-bond acceptors (Lipinski definition) is 4. The monoisotopic (exact) mass is 323 g/mol. The van der Waals surface area contributed by atoms with Crippen LogP contribution >= 0.6 is 11.6 Å². The number of anilines is 1. The highest BCUT2D eigenvalue weighted by atomic mass is 35.5. The van der Waals surface area contributed by atoms with Gasteiger partial charge in [0.2, 0.25) is 6.41 Å². The van der Waals surface area contributed by atoms with E-state index in [1.165, 1.54) is 0 Å². The highest BCUT2D eigenvalue weighted by Gasteiger charge is 2.17. The van der Waals surface area contributed by atoms with Gasteiger partial charge in [-0.1, -0.05) is 31.5 Å². The van der Waals surface area contributed by atoms with Gasteiger partial charge in [0.15, 0.2) is 0 Å². The van der Waals surface area contributed by atoms with Crippen molar-refractivity contribution in [3.8, 4) is 0 Å². The van der Waals surface area contributed by atoms with E-state index in [1.54, 1.807) is 0 Å². The van der Waals surface area contributed by atoms with Crippen LogP contribution in [0.5, 0.6) is 0 Å². The number of hydrogen-bond donors (Lipinski definition) is 1. The molecule has 1 aromatic rings. The summed E-state index contributed by atoms with van der Waals surface area (Å²) in [6, 6.07) is 5.94. The Kier molecular flexibility index (Phi) is 6.21. The molecule has 1 aliphatic rings. The highest BCUT2D eigenvalue weighted by Crippen LogP contribution is 2.29. The number of amides is 1. The summed E-state index contributed by atoms with van der Waals surface area (Å²) in [5, 5.41) is 4.87. The first-order valence-corrected chi connectivity index (χ1v) is 7.94. The number of halogens is 1. The van der Waals surface area contributed by atoms with Crippen molar-refractivity contribution in [3.05, 3.63) is 28.8 Å². The Morgan fingerprint density at radius 2 is 2.23 bits per heavy atom. The molecule has 0 aromatic heterocycles. The summed E-state index contributed by atoms with van der Waals surface area (Å²) in [6.07, 6.45) is 1.51. The van der Waals surface area contributed by atoms with Gasteiger partial charge in [-0.2, -0.15) is 5.10 Å². The molecule has 1 fully saturated rings. The van der Waals surface area contributed by atoms with Gasteiger partial charge >= 0.3 is 0 Å². The number of carbonyl (C=O) groups is 1. The predicted octanol–water partition coefficient (Wildman–Crippen LogP) is 2.67. The average Bonchev–Trinajstić information content (AvgIpc) is 2.55. The quantitative estimate of drug-likeness (QED) is 0.497. The molecule has 0 radical (unpaired) electrons. The Bertz CT molecular complexity index is 542. The molecule has 2 rings (SSSR count). The molecule has 1 amide bonds. The molecule has 0 spiro atoms. The first-order valence-electron chi connectivity index (χ1n) is 7.56. The largest absolute Gasteiger partial charge is 0.378 e. The maximum Gasteiger partial charge on any atom is 0.227 e. The number of benzene rings is 1. The van der Waals surface area contributed by atoms with Gasteiger partial charge < -0.3 is 9.64 Å². The number of carbonyl (C=O) groups excluding carboxylic acids is 1. The van der Waals surface area contributed by atoms with Gasteiger partial charge in [0.25, 0.3) is 0 Å². The fourth-order valence-corrected chi connectivity index (χ4v) is 2.78. The molecule has 1 aromatic carbocycles. The zero-order chi connectivity index (χ0) is 15.9. The minimum Gasteiger partial charge on any atom is -0.378 e. The van der Waals surface area contributed by atoms with Gasteiger partial charge in [-0.25, -0.2) is 5.43 Å². The molecule has 22 heavy (non-hydrogen) atoms. The van der Waals surface area contributed by atoms with Crippen molar-refractivity contribution in [3.63, 3.8) is 0 Å². The SMILES string of the molecule is CC[C@@H](C)/C(=N\NC=O)c1ccc(N2CCOCC2)c(Cl)c1. The van der Waals surface area contributed by atoms with Gasteiger partial charge in [0.1, 0.15) is 0 Å². The maximum atomic E-state index is 10.5. The van der Waals surface area contributed by atoms with Gasteiger partial charge in [-0.15, -0.1) is 0 Å². The second-order valence-electron chi connectivity index (χ2n) is 5.32. The lowest BCUT2D eigenvalue weighted by atomic mass is 9.96. The topological polar surface area (TPSA) is 53.9 Å². The minimum atomic E-state index is 0.234. The Hall–Kier alpha value is -1.59. The van der Waals surface area contributed by atoms with E-state index >= 15 is 0 Å². The summed E-state index contributed by atoms with van der Waals surface area (Å²) in [5.74, 6) is 0.234. The zero-order valence-electron chi connectivity index (χ0n) is 13.0. The van der Waals surface area contributed by atoms with Crippen molar-refractivity contribution in [1.29, 1.82) is 0 Å². The summed E-state index contributed by atoms with van der Waals surface area (Å²) in [6.45, 7) is 7.30. The number of ether oxygens (including phenoxy) is 1. The second kappa shape index (κ2) is 8.15. The van der Waals surface area contributed by atoms with Crippen molar-refractivity contribution >= 4 is 29.4 Å². The van der Waals surface area contributed by atoms with Crippen LogP contribution in [0.25, 0.3) is 0 Å². The number of morpholine rings is 1. The molecular weight excluding hydrogens is 302 g/mol. The normalized spacial score (nSPS) is 17.2. The molecule has 1 aliphatic heterocycles. The van der Waals surface area contributed by atoms with Crippen LogP contribution in [0.1, 0.15) is 25.8 Å². The summed E-state index contributed by atoms with van der Waals surface area (Å²) >= 11 is 6.46. The summed E-state index contributed by atoms with van der Waals surface area (Å²) < 4.78 is 5.37. The van der Waals surface area contributed by atoms with E-state index in [-0.39, 0.29) is 5.92 Å².